The fourth-order valence-corrected chi connectivity index (χ4v) is 8.20. The standard InChI is InChI=1S/C26H29F2N3O4S2/c27-25(28)36-21-6-4-19(5-7-21)31-37(34,35)22-3-1-2-20(11-22)30-23(32)15-29-24(33)26-12-16-8-17(13-26)10-18(9-16)14-26/h1-7,11,16-18,25,31H,8-10,12-15H2,(H,29,33)(H,30,32). The molecule has 0 spiro atoms. The maximum absolute atomic E-state index is 13.1. The predicted molar refractivity (Wildman–Crippen MR) is 138 cm³/mol. The lowest BCUT2D eigenvalue weighted by molar-refractivity contribution is -0.146. The Morgan fingerprint density at radius 1 is 0.946 bits per heavy atom. The minimum absolute atomic E-state index is 0.0414. The van der Waals surface area contributed by atoms with Gasteiger partial charge in [-0.2, -0.15) is 8.78 Å². The van der Waals surface area contributed by atoms with Gasteiger partial charge in [0.15, 0.2) is 0 Å². The number of halogens is 2. The van der Waals surface area contributed by atoms with Gasteiger partial charge < -0.3 is 10.6 Å². The third-order valence-electron chi connectivity index (χ3n) is 7.69. The summed E-state index contributed by atoms with van der Waals surface area (Å²) in [5.41, 5.74) is 0.159. The molecule has 11 heteroatoms. The summed E-state index contributed by atoms with van der Waals surface area (Å²) in [6, 6.07) is 11.4. The third kappa shape index (κ3) is 5.93. The van der Waals surface area contributed by atoms with Gasteiger partial charge >= 0.3 is 0 Å². The number of carbonyl (C=O) groups is 2. The van der Waals surface area contributed by atoms with E-state index in [0.29, 0.717) is 34.4 Å². The molecule has 0 unspecified atom stereocenters. The molecule has 0 atom stereocenters. The third-order valence-corrected chi connectivity index (χ3v) is 9.79. The fraction of sp³-hybridized carbons (Fsp3) is 0.462. The Morgan fingerprint density at radius 2 is 1.57 bits per heavy atom. The SMILES string of the molecule is O=C(CNC(=O)C12CC3CC(CC(C3)C1)C2)Nc1cccc(S(=O)(=O)Nc2ccc(SC(F)F)cc2)c1. The largest absolute Gasteiger partial charge is 0.347 e. The van der Waals surface area contributed by atoms with Crippen LogP contribution >= 0.6 is 11.8 Å². The molecule has 2 amide bonds. The average molecular weight is 550 g/mol. The van der Waals surface area contributed by atoms with Crippen molar-refractivity contribution in [2.24, 2.45) is 23.2 Å². The summed E-state index contributed by atoms with van der Waals surface area (Å²) in [6.45, 7) is -0.182. The Morgan fingerprint density at radius 3 is 2.16 bits per heavy atom. The summed E-state index contributed by atoms with van der Waals surface area (Å²) in [5.74, 6) is -1.17. The molecule has 4 aliphatic carbocycles. The Hall–Kier alpha value is -2.66. The summed E-state index contributed by atoms with van der Waals surface area (Å²) in [5, 5.41) is 5.48. The monoisotopic (exact) mass is 549 g/mol. The molecule has 2 aromatic carbocycles. The zero-order valence-corrected chi connectivity index (χ0v) is 21.7. The summed E-state index contributed by atoms with van der Waals surface area (Å²) in [4.78, 5) is 25.9. The number of alkyl halides is 2. The average Bonchev–Trinajstić information content (AvgIpc) is 2.82. The van der Waals surface area contributed by atoms with Crippen molar-refractivity contribution < 1.29 is 26.8 Å². The topological polar surface area (TPSA) is 104 Å². The number of thioether (sulfide) groups is 1. The van der Waals surface area contributed by atoms with Gasteiger partial charge in [0.1, 0.15) is 0 Å². The van der Waals surface area contributed by atoms with Crippen LogP contribution in [-0.2, 0) is 19.6 Å². The Balaban J connectivity index is 1.17. The molecule has 6 rings (SSSR count). The van der Waals surface area contributed by atoms with E-state index in [1.807, 2.05) is 0 Å². The van der Waals surface area contributed by atoms with E-state index >= 15 is 0 Å². The van der Waals surface area contributed by atoms with Crippen LogP contribution in [0.4, 0.5) is 20.2 Å². The van der Waals surface area contributed by atoms with Gasteiger partial charge in [-0.1, -0.05) is 17.8 Å². The van der Waals surface area contributed by atoms with Gasteiger partial charge in [0.25, 0.3) is 15.8 Å². The highest BCUT2D eigenvalue weighted by Gasteiger charge is 2.54. The number of hydrogen-bond acceptors (Lipinski definition) is 5. The van der Waals surface area contributed by atoms with E-state index in [2.05, 4.69) is 15.4 Å². The smallest absolute Gasteiger partial charge is 0.288 e. The fourth-order valence-electron chi connectivity index (χ4n) is 6.60. The molecule has 37 heavy (non-hydrogen) atoms. The van der Waals surface area contributed by atoms with Crippen LogP contribution in [0.1, 0.15) is 38.5 Å². The zero-order valence-electron chi connectivity index (χ0n) is 20.1. The van der Waals surface area contributed by atoms with E-state index in [9.17, 15) is 26.8 Å². The number of carbonyl (C=O) groups excluding carboxylic acids is 2. The molecule has 3 N–H and O–H groups in total. The van der Waals surface area contributed by atoms with Gasteiger partial charge in [-0.3, -0.25) is 14.3 Å². The van der Waals surface area contributed by atoms with Crippen molar-refractivity contribution in [1.82, 2.24) is 5.32 Å². The molecule has 4 bridgehead atoms. The first kappa shape index (κ1) is 26.0. The van der Waals surface area contributed by atoms with Gasteiger partial charge in [0.05, 0.1) is 11.4 Å². The van der Waals surface area contributed by atoms with Crippen molar-refractivity contribution in [3.05, 3.63) is 48.5 Å². The second kappa shape index (κ2) is 10.2. The first-order valence-electron chi connectivity index (χ1n) is 12.4. The van der Waals surface area contributed by atoms with E-state index in [1.54, 1.807) is 6.07 Å². The van der Waals surface area contributed by atoms with E-state index in [4.69, 9.17) is 0 Å². The van der Waals surface area contributed by atoms with Gasteiger partial charge in [0, 0.05) is 21.7 Å². The van der Waals surface area contributed by atoms with Gasteiger partial charge in [0.2, 0.25) is 11.8 Å². The number of amides is 2. The molecule has 2 aromatic rings. The first-order valence-corrected chi connectivity index (χ1v) is 14.7. The molecule has 4 saturated carbocycles. The van der Waals surface area contributed by atoms with E-state index in [0.717, 1.165) is 19.3 Å². The number of hydrogen-bond donors (Lipinski definition) is 3. The first-order chi connectivity index (χ1) is 17.6. The van der Waals surface area contributed by atoms with Crippen LogP contribution < -0.4 is 15.4 Å². The van der Waals surface area contributed by atoms with E-state index in [1.165, 1.54) is 61.7 Å². The van der Waals surface area contributed by atoms with Crippen molar-refractivity contribution in [2.45, 2.75) is 54.1 Å². The quantitative estimate of drug-likeness (QED) is 0.379. The number of sulfonamides is 1. The summed E-state index contributed by atoms with van der Waals surface area (Å²) in [6.07, 6.45) is 6.41. The predicted octanol–water partition coefficient (Wildman–Crippen LogP) is 5.07. The summed E-state index contributed by atoms with van der Waals surface area (Å²) >= 11 is 0.372. The molecule has 7 nitrogen and oxygen atoms in total. The van der Waals surface area contributed by atoms with Crippen LogP contribution in [0.3, 0.4) is 0 Å². The number of benzene rings is 2. The molecule has 0 heterocycles. The molecule has 4 aliphatic rings. The van der Waals surface area contributed by atoms with Crippen molar-refractivity contribution in [3.63, 3.8) is 0 Å². The molecule has 0 aromatic heterocycles. The minimum atomic E-state index is -3.99. The minimum Gasteiger partial charge on any atom is -0.347 e. The van der Waals surface area contributed by atoms with Crippen LogP contribution in [-0.4, -0.2) is 32.5 Å². The van der Waals surface area contributed by atoms with Crippen LogP contribution in [0.5, 0.6) is 0 Å². The molecule has 4 fully saturated rings. The van der Waals surface area contributed by atoms with Crippen molar-refractivity contribution in [3.8, 4) is 0 Å². The number of nitrogens with one attached hydrogen (secondary N) is 3. The second-order valence-corrected chi connectivity index (χ2v) is 13.2. The van der Waals surface area contributed by atoms with Gasteiger partial charge in [-0.15, -0.1) is 0 Å². The van der Waals surface area contributed by atoms with Crippen LogP contribution in [0.25, 0.3) is 0 Å². The number of rotatable bonds is 9. The van der Waals surface area contributed by atoms with E-state index in [-0.39, 0.29) is 34.1 Å². The summed E-state index contributed by atoms with van der Waals surface area (Å²) in [7, 11) is -3.99. The molecule has 0 radical (unpaired) electrons. The Kier molecular flexibility index (Phi) is 7.19. The highest BCUT2D eigenvalue weighted by Crippen LogP contribution is 2.60. The van der Waals surface area contributed by atoms with E-state index < -0.39 is 21.7 Å². The lowest BCUT2D eigenvalue weighted by Gasteiger charge is -2.55. The number of anilines is 2. The molecule has 0 saturated heterocycles. The van der Waals surface area contributed by atoms with Crippen molar-refractivity contribution in [2.75, 3.05) is 16.6 Å². The molecular weight excluding hydrogens is 520 g/mol. The van der Waals surface area contributed by atoms with Crippen LogP contribution in [0.15, 0.2) is 58.3 Å². The molecular formula is C26H29F2N3O4S2. The maximum Gasteiger partial charge on any atom is 0.288 e. The van der Waals surface area contributed by atoms with Crippen LogP contribution in [0.2, 0.25) is 0 Å². The lowest BCUT2D eigenvalue weighted by Crippen LogP contribution is -2.54. The Labute approximate surface area is 219 Å². The highest BCUT2D eigenvalue weighted by molar-refractivity contribution is 7.99. The van der Waals surface area contributed by atoms with Gasteiger partial charge in [-0.25, -0.2) is 8.42 Å². The second-order valence-electron chi connectivity index (χ2n) is 10.5. The lowest BCUT2D eigenvalue weighted by atomic mass is 9.49. The van der Waals surface area contributed by atoms with Crippen molar-refractivity contribution >= 4 is 45.0 Å². The van der Waals surface area contributed by atoms with Gasteiger partial charge in [-0.05, 0) is 98.7 Å². The highest BCUT2D eigenvalue weighted by atomic mass is 32.2. The molecule has 198 valence electrons. The van der Waals surface area contributed by atoms with Crippen LogP contribution in [0, 0.1) is 23.2 Å². The normalized spacial score (nSPS) is 26.2. The summed E-state index contributed by atoms with van der Waals surface area (Å²) < 4.78 is 53.0. The zero-order chi connectivity index (χ0) is 26.2. The van der Waals surface area contributed by atoms with Crippen molar-refractivity contribution in [1.29, 1.82) is 0 Å². The Bertz CT molecular complexity index is 1250. The maximum atomic E-state index is 13.1. The molecule has 0 aliphatic heterocycles.